The number of para-hydroxylation sites is 1. The predicted molar refractivity (Wildman–Crippen MR) is 231 cm³/mol. The molecule has 0 aromatic heterocycles. The zero-order valence-corrected chi connectivity index (χ0v) is 30.9. The number of nitrogens with zero attached hydrogens (tertiary/aromatic N) is 1. The zero-order chi connectivity index (χ0) is 36.3. The molecule has 2 aliphatic rings. The molecule has 1 aliphatic carbocycles. The van der Waals surface area contributed by atoms with E-state index in [4.69, 9.17) is 0 Å². The van der Waals surface area contributed by atoms with Gasteiger partial charge < -0.3 is 4.90 Å². The second kappa shape index (κ2) is 12.8. The van der Waals surface area contributed by atoms with E-state index in [0.29, 0.717) is 0 Å². The van der Waals surface area contributed by atoms with Crippen molar-refractivity contribution in [2.45, 2.75) is 15.2 Å². The van der Waals surface area contributed by atoms with E-state index in [1.165, 1.54) is 76.2 Å². The van der Waals surface area contributed by atoms with Crippen molar-refractivity contribution < 1.29 is 0 Å². The molecule has 0 N–H and O–H groups in total. The third kappa shape index (κ3) is 4.88. The van der Waals surface area contributed by atoms with Gasteiger partial charge in [0.15, 0.2) is 0 Å². The Kier molecular flexibility index (Phi) is 7.40. The first-order valence-electron chi connectivity index (χ1n) is 18.9. The van der Waals surface area contributed by atoms with E-state index in [2.05, 4.69) is 217 Å². The summed E-state index contributed by atoms with van der Waals surface area (Å²) in [5.74, 6) is 0. The maximum Gasteiger partial charge on any atom is 0.0747 e. The van der Waals surface area contributed by atoms with Gasteiger partial charge in [0.2, 0.25) is 0 Å². The number of benzene rings is 9. The van der Waals surface area contributed by atoms with E-state index in [1.807, 2.05) is 11.8 Å². The van der Waals surface area contributed by atoms with Crippen LogP contribution in [0.1, 0.15) is 22.3 Å². The molecule has 9 aromatic rings. The Morgan fingerprint density at radius 1 is 0.327 bits per heavy atom. The summed E-state index contributed by atoms with van der Waals surface area (Å²) in [7, 11) is 0. The number of fused-ring (bicyclic) bond motifs is 11. The van der Waals surface area contributed by atoms with Crippen molar-refractivity contribution in [3.8, 4) is 33.4 Å². The Morgan fingerprint density at radius 3 is 1.67 bits per heavy atom. The summed E-state index contributed by atoms with van der Waals surface area (Å²) in [6.45, 7) is 0. The molecule has 1 heterocycles. The molecule has 0 fully saturated rings. The van der Waals surface area contributed by atoms with Crippen LogP contribution in [0.4, 0.5) is 17.1 Å². The molecule has 258 valence electrons. The van der Waals surface area contributed by atoms with Gasteiger partial charge in [0, 0.05) is 26.9 Å². The first-order valence-corrected chi connectivity index (χ1v) is 19.7. The minimum absolute atomic E-state index is 0.490. The van der Waals surface area contributed by atoms with Crippen molar-refractivity contribution in [3.05, 3.63) is 235 Å². The van der Waals surface area contributed by atoms with Gasteiger partial charge in [0.05, 0.1) is 5.41 Å². The van der Waals surface area contributed by atoms with Crippen LogP contribution in [0.25, 0.3) is 44.2 Å². The highest BCUT2D eigenvalue weighted by Gasteiger charge is 2.52. The minimum Gasteiger partial charge on any atom is -0.311 e. The molecule has 0 amide bonds. The fraction of sp³-hybridized carbons (Fsp3) is 0.0189. The largest absolute Gasteiger partial charge is 0.311 e. The van der Waals surface area contributed by atoms with Crippen LogP contribution < -0.4 is 4.90 Å². The Hall–Kier alpha value is -6.61. The smallest absolute Gasteiger partial charge is 0.0747 e. The van der Waals surface area contributed by atoms with Gasteiger partial charge in [-0.1, -0.05) is 176 Å². The fourth-order valence-electron chi connectivity index (χ4n) is 9.23. The molecular weight excluding hydrogens is 683 g/mol. The minimum atomic E-state index is -0.490. The van der Waals surface area contributed by atoms with E-state index >= 15 is 0 Å². The first kappa shape index (κ1) is 31.9. The Labute approximate surface area is 326 Å². The molecule has 1 nitrogen and oxygen atoms in total. The number of hydrogen-bond acceptors (Lipinski definition) is 2. The predicted octanol–water partition coefficient (Wildman–Crippen LogP) is 14.5. The van der Waals surface area contributed by atoms with E-state index in [0.717, 1.165) is 17.1 Å². The molecular formula is C53H35NS. The van der Waals surface area contributed by atoms with E-state index in [-0.39, 0.29) is 0 Å². The quantitative estimate of drug-likeness (QED) is 0.174. The van der Waals surface area contributed by atoms with Gasteiger partial charge in [-0.05, 0) is 115 Å². The lowest BCUT2D eigenvalue weighted by molar-refractivity contribution is 0.732. The molecule has 1 unspecified atom stereocenters. The third-order valence-electron chi connectivity index (χ3n) is 11.5. The first-order chi connectivity index (χ1) is 27.3. The maximum atomic E-state index is 2.38. The number of rotatable bonds is 5. The normalized spacial score (nSPS) is 14.9. The molecule has 1 aliphatic heterocycles. The maximum absolute atomic E-state index is 2.38. The van der Waals surface area contributed by atoms with Gasteiger partial charge in [0.1, 0.15) is 0 Å². The SMILES string of the molecule is c1ccc(-c2ccc(N(c3ccccc3)c3ccc(-c4cccc5c4C4(c6ccccc6Sc6ccc7ccccc7c64)c4ccccc4-5)cc3)cc2)cc1. The average Bonchev–Trinajstić information content (AvgIpc) is 3.55. The average molecular weight is 718 g/mol. The van der Waals surface area contributed by atoms with Crippen LogP contribution in [0.2, 0.25) is 0 Å². The van der Waals surface area contributed by atoms with Crippen LogP contribution in [0.5, 0.6) is 0 Å². The highest BCUT2D eigenvalue weighted by atomic mass is 32.2. The fourth-order valence-corrected chi connectivity index (χ4v) is 10.4. The third-order valence-corrected chi connectivity index (χ3v) is 12.7. The summed E-state index contributed by atoms with van der Waals surface area (Å²) in [6.07, 6.45) is 0. The second-order valence-corrected chi connectivity index (χ2v) is 15.5. The van der Waals surface area contributed by atoms with Gasteiger partial charge in [-0.2, -0.15) is 0 Å². The van der Waals surface area contributed by atoms with Crippen molar-refractivity contribution in [1.29, 1.82) is 0 Å². The summed E-state index contributed by atoms with van der Waals surface area (Å²) in [5, 5.41) is 2.58. The summed E-state index contributed by atoms with van der Waals surface area (Å²) < 4.78 is 0. The topological polar surface area (TPSA) is 3.24 Å². The van der Waals surface area contributed by atoms with Crippen molar-refractivity contribution in [2.24, 2.45) is 0 Å². The van der Waals surface area contributed by atoms with E-state index in [9.17, 15) is 0 Å². The molecule has 0 saturated heterocycles. The second-order valence-electron chi connectivity index (χ2n) is 14.4. The van der Waals surface area contributed by atoms with Gasteiger partial charge >= 0.3 is 0 Å². The summed E-state index contributed by atoms with van der Waals surface area (Å²) in [4.78, 5) is 4.99. The van der Waals surface area contributed by atoms with Crippen LogP contribution in [0.3, 0.4) is 0 Å². The Morgan fingerprint density at radius 2 is 0.891 bits per heavy atom. The van der Waals surface area contributed by atoms with Crippen LogP contribution in [0.15, 0.2) is 222 Å². The van der Waals surface area contributed by atoms with Gasteiger partial charge in [-0.3, -0.25) is 0 Å². The molecule has 0 bridgehead atoms. The van der Waals surface area contributed by atoms with Crippen LogP contribution in [-0.2, 0) is 5.41 Å². The molecule has 1 spiro atoms. The van der Waals surface area contributed by atoms with Crippen LogP contribution >= 0.6 is 11.8 Å². The lowest BCUT2D eigenvalue weighted by atomic mass is 9.64. The van der Waals surface area contributed by atoms with Crippen molar-refractivity contribution in [2.75, 3.05) is 4.90 Å². The van der Waals surface area contributed by atoms with Crippen LogP contribution in [0, 0.1) is 0 Å². The zero-order valence-electron chi connectivity index (χ0n) is 30.1. The van der Waals surface area contributed by atoms with Crippen LogP contribution in [-0.4, -0.2) is 0 Å². The summed E-state index contributed by atoms with van der Waals surface area (Å²) in [6, 6.07) is 78.1. The highest BCUT2D eigenvalue weighted by Crippen LogP contribution is 2.65. The monoisotopic (exact) mass is 717 g/mol. The Balaban J connectivity index is 1.11. The highest BCUT2D eigenvalue weighted by molar-refractivity contribution is 7.99. The standard InChI is InChI=1S/C53H35NS/c1-3-14-36(15-4-1)37-26-31-41(32-27-37)54(40-17-5-2-6-18-40)42-33-28-39(29-34-42)43-21-13-22-46-45-20-9-10-23-47(45)53(51(43)46)48-24-11-12-25-49(48)55-50-35-30-38-16-7-8-19-44(38)52(50)53/h1-35H. The van der Waals surface area contributed by atoms with Gasteiger partial charge in [0.25, 0.3) is 0 Å². The molecule has 2 heteroatoms. The molecule has 11 rings (SSSR count). The van der Waals surface area contributed by atoms with E-state index < -0.39 is 5.41 Å². The van der Waals surface area contributed by atoms with Crippen molar-refractivity contribution in [3.63, 3.8) is 0 Å². The molecule has 0 radical (unpaired) electrons. The molecule has 0 saturated carbocycles. The lowest BCUT2D eigenvalue weighted by Gasteiger charge is -2.41. The molecule has 9 aromatic carbocycles. The van der Waals surface area contributed by atoms with Crippen molar-refractivity contribution in [1.82, 2.24) is 0 Å². The lowest BCUT2D eigenvalue weighted by Crippen LogP contribution is -2.32. The molecule has 55 heavy (non-hydrogen) atoms. The van der Waals surface area contributed by atoms with Gasteiger partial charge in [-0.25, -0.2) is 0 Å². The Bertz CT molecular complexity index is 2880. The van der Waals surface area contributed by atoms with E-state index in [1.54, 1.807) is 0 Å². The van der Waals surface area contributed by atoms with Gasteiger partial charge in [-0.15, -0.1) is 0 Å². The molecule has 1 atom stereocenters. The number of hydrogen-bond donors (Lipinski definition) is 0. The van der Waals surface area contributed by atoms with Crippen molar-refractivity contribution >= 4 is 39.6 Å². The number of anilines is 3. The summed E-state index contributed by atoms with van der Waals surface area (Å²) >= 11 is 1.90. The summed E-state index contributed by atoms with van der Waals surface area (Å²) in [5.41, 5.74) is 15.8.